The topological polar surface area (TPSA) is 95.3 Å². The lowest BCUT2D eigenvalue weighted by Gasteiger charge is -2.15. The van der Waals surface area contributed by atoms with Gasteiger partial charge in [0.15, 0.2) is 11.3 Å². The van der Waals surface area contributed by atoms with Gasteiger partial charge in [-0.25, -0.2) is 4.79 Å². The molecule has 0 saturated carbocycles. The first kappa shape index (κ1) is 22.6. The molecule has 1 heterocycles. The summed E-state index contributed by atoms with van der Waals surface area (Å²) in [5, 5.41) is 12.0. The van der Waals surface area contributed by atoms with Crippen molar-refractivity contribution in [1.29, 1.82) is 0 Å². The second-order valence-corrected chi connectivity index (χ2v) is 7.71. The Morgan fingerprint density at radius 1 is 1.16 bits per heavy atom. The van der Waals surface area contributed by atoms with Crippen molar-refractivity contribution in [2.24, 2.45) is 0 Å². The molecule has 1 N–H and O–H groups in total. The van der Waals surface area contributed by atoms with E-state index < -0.39 is 18.0 Å². The molecule has 0 aliphatic rings. The monoisotopic (exact) mass is 460 g/mol. The van der Waals surface area contributed by atoms with Crippen LogP contribution >= 0.6 is 23.4 Å². The predicted molar refractivity (Wildman–Crippen MR) is 119 cm³/mol. The molecule has 1 amide bonds. The van der Waals surface area contributed by atoms with Crippen molar-refractivity contribution < 1.29 is 19.1 Å². The number of nitrogens with zero attached hydrogens (tertiary/aromatic N) is 3. The van der Waals surface area contributed by atoms with Gasteiger partial charge in [-0.3, -0.25) is 9.36 Å². The van der Waals surface area contributed by atoms with Gasteiger partial charge < -0.3 is 14.8 Å². The fraction of sp³-hybridized carbons (Fsp3) is 0.238. The number of carbonyl (C=O) groups excluding carboxylic acids is 2. The minimum absolute atomic E-state index is 0.320. The van der Waals surface area contributed by atoms with Gasteiger partial charge in [-0.05, 0) is 62.6 Å². The first-order valence-electron chi connectivity index (χ1n) is 9.26. The van der Waals surface area contributed by atoms with Gasteiger partial charge in [0, 0.05) is 10.7 Å². The van der Waals surface area contributed by atoms with E-state index in [0.717, 1.165) is 16.7 Å². The van der Waals surface area contributed by atoms with Gasteiger partial charge in [-0.1, -0.05) is 23.4 Å². The Bertz CT molecular complexity index is 1100. The van der Waals surface area contributed by atoms with Crippen LogP contribution in [0.15, 0.2) is 47.6 Å². The van der Waals surface area contributed by atoms with Crippen molar-refractivity contribution in [2.45, 2.75) is 25.1 Å². The molecule has 1 unspecified atom stereocenters. The second-order valence-electron chi connectivity index (χ2n) is 6.50. The molecule has 0 spiro atoms. The average molecular weight is 461 g/mol. The molecule has 0 aliphatic carbocycles. The maximum Gasteiger partial charge on any atom is 0.338 e. The zero-order valence-electron chi connectivity index (χ0n) is 17.4. The lowest BCUT2D eigenvalue weighted by Crippen LogP contribution is -2.30. The maximum absolute atomic E-state index is 12.5. The highest BCUT2D eigenvalue weighted by molar-refractivity contribution is 7.98. The molecule has 162 valence electrons. The summed E-state index contributed by atoms with van der Waals surface area (Å²) in [5.41, 5.74) is 1.53. The van der Waals surface area contributed by atoms with Crippen molar-refractivity contribution in [1.82, 2.24) is 14.8 Å². The van der Waals surface area contributed by atoms with E-state index in [1.807, 2.05) is 17.7 Å². The molecule has 0 radical (unpaired) electrons. The Kier molecular flexibility index (Phi) is 7.19. The number of aryl methyl sites for hydroxylation is 1. The van der Waals surface area contributed by atoms with E-state index in [4.69, 9.17) is 21.1 Å². The molecule has 0 bridgehead atoms. The maximum atomic E-state index is 12.5. The molecule has 0 aliphatic heterocycles. The van der Waals surface area contributed by atoms with Crippen molar-refractivity contribution in [2.75, 3.05) is 18.7 Å². The number of rotatable bonds is 7. The highest BCUT2D eigenvalue weighted by atomic mass is 35.5. The van der Waals surface area contributed by atoms with E-state index >= 15 is 0 Å². The van der Waals surface area contributed by atoms with Crippen LogP contribution in [-0.4, -0.2) is 46.1 Å². The fourth-order valence-electron chi connectivity index (χ4n) is 2.81. The van der Waals surface area contributed by atoms with Gasteiger partial charge in [-0.15, -0.1) is 10.2 Å². The Labute approximate surface area is 188 Å². The first-order valence-corrected chi connectivity index (χ1v) is 10.9. The number of hydrogen-bond donors (Lipinski definition) is 1. The minimum atomic E-state index is -1.03. The molecular formula is C21H21ClN4O4S. The number of hydrogen-bond acceptors (Lipinski definition) is 7. The van der Waals surface area contributed by atoms with Crippen LogP contribution in [0.1, 0.15) is 23.1 Å². The lowest BCUT2D eigenvalue weighted by molar-refractivity contribution is -0.123. The molecule has 2 aromatic carbocycles. The molecule has 1 aromatic heterocycles. The van der Waals surface area contributed by atoms with Crippen molar-refractivity contribution in [3.63, 3.8) is 0 Å². The first-order chi connectivity index (χ1) is 14.8. The Morgan fingerprint density at radius 3 is 2.52 bits per heavy atom. The van der Waals surface area contributed by atoms with Crippen LogP contribution in [0.2, 0.25) is 5.02 Å². The average Bonchev–Trinajstić information content (AvgIpc) is 3.14. The molecule has 31 heavy (non-hydrogen) atoms. The fourth-order valence-corrected chi connectivity index (χ4v) is 3.53. The van der Waals surface area contributed by atoms with Gasteiger partial charge in [0.05, 0.1) is 18.4 Å². The molecule has 0 saturated heterocycles. The van der Waals surface area contributed by atoms with E-state index in [1.165, 1.54) is 25.8 Å². The minimum Gasteiger partial charge on any atom is -0.495 e. The molecule has 8 nitrogen and oxygen atoms in total. The van der Waals surface area contributed by atoms with Gasteiger partial charge in [0.1, 0.15) is 11.6 Å². The summed E-state index contributed by atoms with van der Waals surface area (Å²) < 4.78 is 12.4. The number of carbonyl (C=O) groups is 2. The van der Waals surface area contributed by atoms with E-state index in [1.54, 1.807) is 42.5 Å². The summed E-state index contributed by atoms with van der Waals surface area (Å²) in [7, 11) is 1.48. The smallest absolute Gasteiger partial charge is 0.338 e. The highest BCUT2D eigenvalue weighted by Gasteiger charge is 2.21. The number of amides is 1. The van der Waals surface area contributed by atoms with Crippen LogP contribution in [0.25, 0.3) is 5.69 Å². The highest BCUT2D eigenvalue weighted by Crippen LogP contribution is 2.28. The van der Waals surface area contributed by atoms with E-state index in [9.17, 15) is 9.59 Å². The number of halogens is 1. The number of aromatic nitrogens is 3. The van der Waals surface area contributed by atoms with E-state index in [-0.39, 0.29) is 0 Å². The lowest BCUT2D eigenvalue weighted by atomic mass is 10.2. The number of methoxy groups -OCH3 is 1. The Balaban J connectivity index is 1.67. The zero-order valence-corrected chi connectivity index (χ0v) is 19.0. The Hall–Kier alpha value is -3.04. The molecule has 3 rings (SSSR count). The molecule has 1 atom stereocenters. The van der Waals surface area contributed by atoms with E-state index in [2.05, 4.69) is 15.5 Å². The van der Waals surface area contributed by atoms with Gasteiger partial charge in [-0.2, -0.15) is 0 Å². The third-order valence-corrected chi connectivity index (χ3v) is 5.28. The second kappa shape index (κ2) is 9.84. The van der Waals surface area contributed by atoms with Crippen molar-refractivity contribution in [3.8, 4) is 11.4 Å². The van der Waals surface area contributed by atoms with Gasteiger partial charge in [0.25, 0.3) is 5.91 Å². The summed E-state index contributed by atoms with van der Waals surface area (Å²) >= 11 is 7.45. The quantitative estimate of drug-likeness (QED) is 0.418. The van der Waals surface area contributed by atoms with Crippen molar-refractivity contribution in [3.05, 3.63) is 58.9 Å². The number of thioether (sulfide) groups is 1. The number of esters is 1. The summed E-state index contributed by atoms with van der Waals surface area (Å²) in [5.74, 6) is 0.0651. The summed E-state index contributed by atoms with van der Waals surface area (Å²) in [6.07, 6.45) is 0.885. The van der Waals surface area contributed by atoms with E-state index in [0.29, 0.717) is 22.0 Å². The summed E-state index contributed by atoms with van der Waals surface area (Å²) in [6.45, 7) is 3.34. The van der Waals surface area contributed by atoms with Crippen molar-refractivity contribution >= 4 is 40.9 Å². The summed E-state index contributed by atoms with van der Waals surface area (Å²) in [6, 6.07) is 11.6. The van der Waals surface area contributed by atoms with Crippen LogP contribution in [0.3, 0.4) is 0 Å². The standard InChI is InChI=1S/C21H21ClN4O4S/c1-12(19(27)23-17-11-15(22)7-10-18(17)29-3)30-20(28)14-5-8-16(9-6-14)26-13(2)24-25-21(26)31-4/h5-12H,1-4H3,(H,23,27). The molecule has 10 heteroatoms. The van der Waals surface area contributed by atoms with Crippen LogP contribution in [-0.2, 0) is 9.53 Å². The molecular weight excluding hydrogens is 440 g/mol. The number of ether oxygens (including phenoxy) is 2. The third-order valence-electron chi connectivity index (χ3n) is 4.41. The van der Waals surface area contributed by atoms with Gasteiger partial charge in [0.2, 0.25) is 0 Å². The number of anilines is 1. The van der Waals surface area contributed by atoms with Gasteiger partial charge >= 0.3 is 5.97 Å². The Morgan fingerprint density at radius 2 is 1.87 bits per heavy atom. The third kappa shape index (κ3) is 5.18. The SMILES string of the molecule is COc1ccc(Cl)cc1NC(=O)C(C)OC(=O)c1ccc(-n2c(C)nnc2SC)cc1. The normalized spacial score (nSPS) is 11.6. The van der Waals surface area contributed by atoms with Crippen LogP contribution in [0.4, 0.5) is 5.69 Å². The molecule has 0 fully saturated rings. The summed E-state index contributed by atoms with van der Waals surface area (Å²) in [4.78, 5) is 25.0. The van der Waals surface area contributed by atoms with Crippen LogP contribution < -0.4 is 10.1 Å². The zero-order chi connectivity index (χ0) is 22.5. The van der Waals surface area contributed by atoms with Crippen LogP contribution in [0, 0.1) is 6.92 Å². The predicted octanol–water partition coefficient (Wildman–Crippen LogP) is 4.14. The number of benzene rings is 2. The largest absolute Gasteiger partial charge is 0.495 e. The molecule has 3 aromatic rings. The number of nitrogens with one attached hydrogen (secondary N) is 1. The van der Waals surface area contributed by atoms with Crippen LogP contribution in [0.5, 0.6) is 5.75 Å².